The molecule has 1 atom stereocenters. The van der Waals surface area contributed by atoms with E-state index in [0.29, 0.717) is 0 Å². The molecule has 0 fully saturated rings. The zero-order valence-corrected chi connectivity index (χ0v) is 7.25. The van der Waals surface area contributed by atoms with Crippen LogP contribution in [0.5, 0.6) is 0 Å². The van der Waals surface area contributed by atoms with Gasteiger partial charge in [-0.05, 0) is 6.92 Å². The Morgan fingerprint density at radius 2 is 2.07 bits per heavy atom. The number of carbonyl (C=O) groups is 1. The van der Waals surface area contributed by atoms with Gasteiger partial charge in [0.15, 0.2) is 0 Å². The van der Waals surface area contributed by atoms with Crippen LogP contribution < -0.4 is 11.5 Å². The second-order valence-corrected chi connectivity index (χ2v) is 2.95. The third-order valence-corrected chi connectivity index (χ3v) is 1.80. The summed E-state index contributed by atoms with van der Waals surface area (Å²) in [5.74, 6) is -3.76. The summed E-state index contributed by atoms with van der Waals surface area (Å²) in [6.45, 7) is 1.78. The summed E-state index contributed by atoms with van der Waals surface area (Å²) in [4.78, 5) is 10.7. The van der Waals surface area contributed by atoms with Crippen LogP contribution in [0.4, 0.5) is 4.39 Å². The SMILES string of the molecule is Cc1cccc(C(N)(F)C(N)=O)c1.[NaH]. The third kappa shape index (κ3) is 2.78. The van der Waals surface area contributed by atoms with Crippen molar-refractivity contribution in [3.8, 4) is 0 Å². The molecule has 0 spiro atoms. The van der Waals surface area contributed by atoms with Gasteiger partial charge in [-0.25, -0.2) is 4.39 Å². The van der Waals surface area contributed by atoms with Gasteiger partial charge < -0.3 is 5.73 Å². The molecule has 5 heteroatoms. The number of rotatable bonds is 2. The summed E-state index contributed by atoms with van der Waals surface area (Å²) >= 11 is 0. The Balaban J connectivity index is 0.00000169. The fourth-order valence-corrected chi connectivity index (χ4v) is 1.01. The summed E-state index contributed by atoms with van der Waals surface area (Å²) in [5, 5.41) is 0. The molecule has 1 aromatic carbocycles. The second-order valence-electron chi connectivity index (χ2n) is 2.95. The average molecular weight is 206 g/mol. The molecule has 4 N–H and O–H groups in total. The number of primary amides is 1. The number of hydrogen-bond acceptors (Lipinski definition) is 2. The van der Waals surface area contributed by atoms with Gasteiger partial charge in [-0.15, -0.1) is 0 Å². The molecule has 0 heterocycles. The van der Waals surface area contributed by atoms with Gasteiger partial charge in [0, 0.05) is 5.56 Å². The van der Waals surface area contributed by atoms with Gasteiger partial charge in [0.05, 0.1) is 0 Å². The van der Waals surface area contributed by atoms with Crippen LogP contribution in [0.2, 0.25) is 0 Å². The van der Waals surface area contributed by atoms with Gasteiger partial charge >= 0.3 is 29.6 Å². The topological polar surface area (TPSA) is 69.1 Å². The summed E-state index contributed by atoms with van der Waals surface area (Å²) in [7, 11) is 0. The summed E-state index contributed by atoms with van der Waals surface area (Å²) < 4.78 is 13.4. The Morgan fingerprint density at radius 1 is 1.50 bits per heavy atom. The average Bonchev–Trinajstić information content (AvgIpc) is 2.04. The molecular weight excluding hydrogens is 194 g/mol. The third-order valence-electron chi connectivity index (χ3n) is 1.80. The van der Waals surface area contributed by atoms with E-state index in [2.05, 4.69) is 0 Å². The standard InChI is InChI=1S/C9H11FN2O.Na.H/c1-6-3-2-4-7(5-6)9(10,12)8(11)13;;/h2-5H,12H2,1H3,(H2,11,13);;. The van der Waals surface area contributed by atoms with Gasteiger partial charge in [-0.3, -0.25) is 10.5 Å². The fourth-order valence-electron chi connectivity index (χ4n) is 1.01. The number of hydrogen-bond donors (Lipinski definition) is 2. The van der Waals surface area contributed by atoms with Crippen molar-refractivity contribution in [1.82, 2.24) is 0 Å². The Kier molecular flexibility index (Phi) is 4.74. The van der Waals surface area contributed by atoms with Crippen LogP contribution in [-0.4, -0.2) is 35.5 Å². The predicted octanol–water partition coefficient (Wildman–Crippen LogP) is -0.0872. The number of benzene rings is 1. The summed E-state index contributed by atoms with van der Waals surface area (Å²) in [5.41, 5.74) is 10.8. The van der Waals surface area contributed by atoms with Gasteiger partial charge in [0.2, 0.25) is 0 Å². The minimum absolute atomic E-state index is 0. The Morgan fingerprint density at radius 3 is 2.50 bits per heavy atom. The van der Waals surface area contributed by atoms with Crippen LogP contribution in [0.15, 0.2) is 24.3 Å². The van der Waals surface area contributed by atoms with Crippen molar-refractivity contribution >= 4 is 35.5 Å². The zero-order chi connectivity index (χ0) is 10.1. The molecule has 1 aromatic rings. The Bertz CT molecular complexity index is 341. The van der Waals surface area contributed by atoms with Gasteiger partial charge in [-0.1, -0.05) is 29.8 Å². The molecule has 1 unspecified atom stereocenters. The van der Waals surface area contributed by atoms with Crippen molar-refractivity contribution in [3.05, 3.63) is 35.4 Å². The minimum atomic E-state index is -2.58. The van der Waals surface area contributed by atoms with E-state index in [4.69, 9.17) is 11.5 Å². The number of nitrogens with two attached hydrogens (primary N) is 2. The number of alkyl halides is 1. The quantitative estimate of drug-likeness (QED) is 0.524. The van der Waals surface area contributed by atoms with Crippen LogP contribution in [0.25, 0.3) is 0 Å². The van der Waals surface area contributed by atoms with E-state index in [1.165, 1.54) is 12.1 Å². The number of halogens is 1. The molecular formula is C9H12FN2NaO. The van der Waals surface area contributed by atoms with Crippen molar-refractivity contribution in [3.63, 3.8) is 0 Å². The van der Waals surface area contributed by atoms with E-state index in [9.17, 15) is 9.18 Å². The molecule has 0 aliphatic carbocycles. The zero-order valence-electron chi connectivity index (χ0n) is 7.25. The Hall–Kier alpha value is -0.420. The first-order valence-electron chi connectivity index (χ1n) is 3.79. The van der Waals surface area contributed by atoms with Crippen molar-refractivity contribution in [2.45, 2.75) is 12.7 Å². The van der Waals surface area contributed by atoms with E-state index in [0.717, 1.165) is 5.56 Å². The molecule has 0 aromatic heterocycles. The van der Waals surface area contributed by atoms with Crippen LogP contribution in [0.1, 0.15) is 11.1 Å². The van der Waals surface area contributed by atoms with Crippen molar-refractivity contribution in [1.29, 1.82) is 0 Å². The molecule has 3 nitrogen and oxygen atoms in total. The Labute approximate surface area is 104 Å². The van der Waals surface area contributed by atoms with Crippen LogP contribution >= 0.6 is 0 Å². The van der Waals surface area contributed by atoms with Gasteiger partial charge in [0.25, 0.3) is 11.7 Å². The molecule has 1 rings (SSSR count). The van der Waals surface area contributed by atoms with Crippen molar-refractivity contribution in [2.75, 3.05) is 0 Å². The van der Waals surface area contributed by atoms with E-state index in [1.54, 1.807) is 19.1 Å². The second kappa shape index (κ2) is 4.89. The summed E-state index contributed by atoms with van der Waals surface area (Å²) in [6.07, 6.45) is 0. The van der Waals surface area contributed by atoms with E-state index in [-0.39, 0.29) is 35.1 Å². The molecule has 0 aliphatic heterocycles. The maximum atomic E-state index is 13.4. The molecule has 1 amide bonds. The van der Waals surface area contributed by atoms with Crippen LogP contribution in [0, 0.1) is 6.92 Å². The van der Waals surface area contributed by atoms with Crippen molar-refractivity contribution < 1.29 is 9.18 Å². The predicted molar refractivity (Wildman–Crippen MR) is 54.5 cm³/mol. The van der Waals surface area contributed by atoms with Gasteiger partial charge in [0.1, 0.15) is 0 Å². The first-order valence-corrected chi connectivity index (χ1v) is 3.79. The van der Waals surface area contributed by atoms with E-state index >= 15 is 0 Å². The van der Waals surface area contributed by atoms with Crippen LogP contribution in [0.3, 0.4) is 0 Å². The first-order chi connectivity index (χ1) is 5.94. The fraction of sp³-hybridized carbons (Fsp3) is 0.222. The number of carbonyl (C=O) groups excluding carboxylic acids is 1. The maximum absolute atomic E-state index is 13.4. The number of aryl methyl sites for hydroxylation is 1. The van der Waals surface area contributed by atoms with E-state index in [1.807, 2.05) is 0 Å². The first kappa shape index (κ1) is 13.6. The number of amides is 1. The van der Waals surface area contributed by atoms with Crippen molar-refractivity contribution in [2.24, 2.45) is 11.5 Å². The molecule has 72 valence electrons. The monoisotopic (exact) mass is 206 g/mol. The molecule has 14 heavy (non-hydrogen) atoms. The molecule has 0 saturated carbocycles. The van der Waals surface area contributed by atoms with Gasteiger partial charge in [-0.2, -0.15) is 0 Å². The molecule has 0 aliphatic rings. The molecule has 0 saturated heterocycles. The molecule has 0 bridgehead atoms. The summed E-state index contributed by atoms with van der Waals surface area (Å²) in [6, 6.07) is 6.32. The normalized spacial score (nSPS) is 13.9. The molecule has 0 radical (unpaired) electrons. The van der Waals surface area contributed by atoms with Crippen LogP contribution in [-0.2, 0) is 10.6 Å². The van der Waals surface area contributed by atoms with E-state index < -0.39 is 11.7 Å².